The Hall–Kier alpha value is -3.48. The molecule has 1 atom stereocenters. The summed E-state index contributed by atoms with van der Waals surface area (Å²) in [6.45, 7) is 1.21. The molecule has 0 fully saturated rings. The predicted octanol–water partition coefficient (Wildman–Crippen LogP) is 3.01. The number of hydrogen-bond acceptors (Lipinski definition) is 4. The third-order valence-electron chi connectivity index (χ3n) is 4.14. The van der Waals surface area contributed by atoms with Crippen LogP contribution >= 0.6 is 0 Å². The number of carbonyl (C=O) groups excluding carboxylic acids is 2. The van der Waals surface area contributed by atoms with Crippen LogP contribution < -0.4 is 4.90 Å². The van der Waals surface area contributed by atoms with E-state index in [0.29, 0.717) is 5.56 Å². The fraction of sp³-hybridized carbons (Fsp3) is 0.105. The molecule has 6 nitrogen and oxygen atoms in total. The number of aliphatic hydroxyl groups excluding tert-OH is 1. The highest BCUT2D eigenvalue weighted by Gasteiger charge is 2.43. The van der Waals surface area contributed by atoms with E-state index in [0.717, 1.165) is 4.90 Å². The van der Waals surface area contributed by atoms with Crippen LogP contribution in [-0.4, -0.2) is 27.9 Å². The zero-order valence-electron chi connectivity index (χ0n) is 13.6. The van der Waals surface area contributed by atoms with Gasteiger partial charge in [0.2, 0.25) is 0 Å². The molecule has 2 aromatic carbocycles. The fourth-order valence-corrected chi connectivity index (χ4v) is 2.98. The molecule has 0 aliphatic carbocycles. The van der Waals surface area contributed by atoms with Crippen LogP contribution in [0.4, 0.5) is 10.1 Å². The van der Waals surface area contributed by atoms with Crippen LogP contribution in [0.5, 0.6) is 0 Å². The SMILES string of the molecule is CC(=O)C1=C(O)C(=O)N(c2cccc(C(=O)O)c2)[C@H]1c1ccc(F)cc1. The van der Waals surface area contributed by atoms with Crippen molar-refractivity contribution in [2.45, 2.75) is 13.0 Å². The molecular weight excluding hydrogens is 341 g/mol. The second-order valence-corrected chi connectivity index (χ2v) is 5.80. The molecule has 1 aliphatic rings. The van der Waals surface area contributed by atoms with Gasteiger partial charge in [-0.3, -0.25) is 14.5 Å². The average Bonchev–Trinajstić information content (AvgIpc) is 2.87. The van der Waals surface area contributed by atoms with E-state index in [2.05, 4.69) is 0 Å². The van der Waals surface area contributed by atoms with Gasteiger partial charge >= 0.3 is 5.97 Å². The maximum atomic E-state index is 13.3. The van der Waals surface area contributed by atoms with Crippen molar-refractivity contribution in [2.24, 2.45) is 0 Å². The number of Topliss-reactive ketones (excluding diaryl/α,β-unsaturated/α-hetero) is 1. The number of benzene rings is 2. The van der Waals surface area contributed by atoms with Gasteiger partial charge in [-0.05, 0) is 42.8 Å². The summed E-state index contributed by atoms with van der Waals surface area (Å²) in [6, 6.07) is 9.77. The summed E-state index contributed by atoms with van der Waals surface area (Å²) in [6.07, 6.45) is 0. The van der Waals surface area contributed by atoms with Gasteiger partial charge in [0.05, 0.1) is 17.2 Å². The molecule has 0 spiro atoms. The molecule has 0 aromatic heterocycles. The lowest BCUT2D eigenvalue weighted by atomic mass is 9.96. The van der Waals surface area contributed by atoms with E-state index in [9.17, 15) is 23.9 Å². The summed E-state index contributed by atoms with van der Waals surface area (Å²) in [5, 5.41) is 19.4. The Bertz CT molecular complexity index is 949. The lowest BCUT2D eigenvalue weighted by Crippen LogP contribution is -2.31. The minimum atomic E-state index is -1.18. The summed E-state index contributed by atoms with van der Waals surface area (Å²) >= 11 is 0. The molecule has 0 unspecified atom stereocenters. The van der Waals surface area contributed by atoms with Crippen LogP contribution in [0.2, 0.25) is 0 Å². The normalized spacial score (nSPS) is 16.9. The first-order valence-corrected chi connectivity index (χ1v) is 7.67. The highest BCUT2D eigenvalue weighted by Crippen LogP contribution is 2.41. The van der Waals surface area contributed by atoms with Crippen LogP contribution in [0.1, 0.15) is 28.9 Å². The van der Waals surface area contributed by atoms with Crippen LogP contribution in [0.15, 0.2) is 59.9 Å². The number of aromatic carboxylic acids is 1. The van der Waals surface area contributed by atoms with Crippen LogP contribution in [0.3, 0.4) is 0 Å². The van der Waals surface area contributed by atoms with Crippen molar-refractivity contribution in [3.05, 3.63) is 76.8 Å². The van der Waals surface area contributed by atoms with E-state index in [4.69, 9.17) is 5.11 Å². The second-order valence-electron chi connectivity index (χ2n) is 5.80. The summed E-state index contributed by atoms with van der Waals surface area (Å²) in [4.78, 5) is 37.0. The van der Waals surface area contributed by atoms with Crippen LogP contribution in [0, 0.1) is 5.82 Å². The number of halogens is 1. The van der Waals surface area contributed by atoms with Gasteiger partial charge in [-0.25, -0.2) is 9.18 Å². The lowest BCUT2D eigenvalue weighted by Gasteiger charge is -2.27. The van der Waals surface area contributed by atoms with Gasteiger partial charge in [-0.2, -0.15) is 0 Å². The van der Waals surface area contributed by atoms with Crippen molar-refractivity contribution in [3.63, 3.8) is 0 Å². The van der Waals surface area contributed by atoms with Gasteiger partial charge < -0.3 is 10.2 Å². The summed E-state index contributed by atoms with van der Waals surface area (Å²) in [5.41, 5.74) is 0.438. The number of anilines is 1. The summed E-state index contributed by atoms with van der Waals surface area (Å²) in [7, 11) is 0. The molecule has 1 aliphatic heterocycles. The average molecular weight is 355 g/mol. The topological polar surface area (TPSA) is 94.9 Å². The van der Waals surface area contributed by atoms with Crippen LogP contribution in [0.25, 0.3) is 0 Å². The number of hydrogen-bond donors (Lipinski definition) is 2. The highest BCUT2D eigenvalue weighted by atomic mass is 19.1. The molecular formula is C19H14FNO5. The first-order valence-electron chi connectivity index (χ1n) is 7.67. The summed E-state index contributed by atoms with van der Waals surface area (Å²) in [5.74, 6) is -3.71. The molecule has 0 saturated carbocycles. The number of carbonyl (C=O) groups is 3. The first-order chi connectivity index (χ1) is 12.3. The Kier molecular flexibility index (Phi) is 4.29. The van der Waals surface area contributed by atoms with Crippen molar-refractivity contribution < 1.29 is 29.0 Å². The molecule has 132 valence electrons. The molecule has 1 amide bonds. The number of nitrogens with zero attached hydrogens (tertiary/aromatic N) is 1. The number of amides is 1. The molecule has 3 rings (SSSR count). The third kappa shape index (κ3) is 2.83. The van der Waals surface area contributed by atoms with E-state index in [1.54, 1.807) is 0 Å². The van der Waals surface area contributed by atoms with Gasteiger partial charge in [0.1, 0.15) is 5.82 Å². The maximum absolute atomic E-state index is 13.3. The zero-order chi connectivity index (χ0) is 19.0. The minimum absolute atomic E-state index is 0.0519. The zero-order valence-corrected chi connectivity index (χ0v) is 13.6. The first kappa shape index (κ1) is 17.3. The van der Waals surface area contributed by atoms with Gasteiger partial charge in [-0.15, -0.1) is 0 Å². The Morgan fingerprint density at radius 3 is 2.35 bits per heavy atom. The lowest BCUT2D eigenvalue weighted by molar-refractivity contribution is -0.117. The second kappa shape index (κ2) is 6.44. The monoisotopic (exact) mass is 355 g/mol. The minimum Gasteiger partial charge on any atom is -0.503 e. The third-order valence-corrected chi connectivity index (χ3v) is 4.14. The largest absolute Gasteiger partial charge is 0.503 e. The Morgan fingerprint density at radius 2 is 1.77 bits per heavy atom. The molecule has 2 aromatic rings. The van der Waals surface area contributed by atoms with Crippen molar-refractivity contribution >= 4 is 23.3 Å². The van der Waals surface area contributed by atoms with E-state index in [1.165, 1.54) is 55.5 Å². The molecule has 1 heterocycles. The van der Waals surface area contributed by atoms with Gasteiger partial charge in [0.25, 0.3) is 5.91 Å². The van der Waals surface area contributed by atoms with Gasteiger partial charge in [-0.1, -0.05) is 18.2 Å². The van der Waals surface area contributed by atoms with Gasteiger partial charge in [0, 0.05) is 5.69 Å². The fourth-order valence-electron chi connectivity index (χ4n) is 2.98. The number of rotatable bonds is 4. The Balaban J connectivity index is 2.18. The van der Waals surface area contributed by atoms with Crippen molar-refractivity contribution in [1.82, 2.24) is 0 Å². The maximum Gasteiger partial charge on any atom is 0.335 e. The molecule has 0 radical (unpaired) electrons. The van der Waals surface area contributed by atoms with E-state index < -0.39 is 35.3 Å². The Labute approximate surface area is 147 Å². The number of ketones is 1. The molecule has 0 bridgehead atoms. The summed E-state index contributed by atoms with van der Waals surface area (Å²) < 4.78 is 13.3. The standard InChI is InChI=1S/C19H14FNO5/c1-10(22)15-16(11-5-7-13(20)8-6-11)21(18(24)17(15)23)14-4-2-3-12(9-14)19(25)26/h2-9,16,23H,1H3,(H,25,26)/t16-/m0/s1. The van der Waals surface area contributed by atoms with Crippen molar-refractivity contribution in [2.75, 3.05) is 4.90 Å². The number of aliphatic hydroxyl groups is 1. The smallest absolute Gasteiger partial charge is 0.335 e. The number of carboxylic acids is 1. The molecule has 2 N–H and O–H groups in total. The highest BCUT2D eigenvalue weighted by molar-refractivity contribution is 6.16. The van der Waals surface area contributed by atoms with Crippen molar-refractivity contribution in [3.8, 4) is 0 Å². The van der Waals surface area contributed by atoms with E-state index in [1.807, 2.05) is 0 Å². The molecule has 0 saturated heterocycles. The van der Waals surface area contributed by atoms with Crippen molar-refractivity contribution in [1.29, 1.82) is 0 Å². The van der Waals surface area contributed by atoms with E-state index >= 15 is 0 Å². The molecule has 26 heavy (non-hydrogen) atoms. The van der Waals surface area contributed by atoms with E-state index in [-0.39, 0.29) is 16.8 Å². The number of carboxylic acid groups (broad SMARTS) is 1. The van der Waals surface area contributed by atoms with Gasteiger partial charge in [0.15, 0.2) is 11.5 Å². The quantitative estimate of drug-likeness (QED) is 0.879. The Morgan fingerprint density at radius 1 is 1.12 bits per heavy atom. The predicted molar refractivity (Wildman–Crippen MR) is 90.4 cm³/mol. The van der Waals surface area contributed by atoms with Crippen LogP contribution in [-0.2, 0) is 9.59 Å². The molecule has 7 heteroatoms.